The largest absolute Gasteiger partial charge is 0.481 e. The average Bonchev–Trinajstić information content (AvgIpc) is 2.39. The van der Waals surface area contributed by atoms with Crippen LogP contribution in [0.1, 0.15) is 28.3 Å². The molecule has 0 fully saturated rings. The Labute approximate surface area is 86.9 Å². The fourth-order valence-electron chi connectivity index (χ4n) is 1.84. The summed E-state index contributed by atoms with van der Waals surface area (Å²) in [7, 11) is 0. The van der Waals surface area contributed by atoms with E-state index in [1.54, 1.807) is 24.3 Å². The van der Waals surface area contributed by atoms with Gasteiger partial charge in [0.25, 0.3) is 5.91 Å². The Morgan fingerprint density at radius 3 is 2.87 bits per heavy atom. The first-order valence-corrected chi connectivity index (χ1v) is 4.80. The summed E-state index contributed by atoms with van der Waals surface area (Å²) in [5, 5.41) is 11.7. The number of carboxylic acid groups (broad SMARTS) is 1. The molecule has 0 radical (unpaired) electrons. The van der Waals surface area contributed by atoms with Crippen molar-refractivity contribution in [3.63, 3.8) is 0 Å². The fraction of sp³-hybridized carbons (Fsp3) is 0.273. The predicted molar refractivity (Wildman–Crippen MR) is 53.8 cm³/mol. The maximum Gasteiger partial charge on any atom is 0.311 e. The molecule has 0 saturated heterocycles. The molecule has 1 aliphatic heterocycles. The molecule has 2 N–H and O–H groups in total. The molecule has 1 aliphatic rings. The highest BCUT2D eigenvalue weighted by Crippen LogP contribution is 2.25. The number of carboxylic acids is 1. The first-order valence-electron chi connectivity index (χ1n) is 4.80. The van der Waals surface area contributed by atoms with Crippen LogP contribution in [-0.4, -0.2) is 23.5 Å². The van der Waals surface area contributed by atoms with Crippen molar-refractivity contribution >= 4 is 11.9 Å². The molecule has 4 nitrogen and oxygen atoms in total. The van der Waals surface area contributed by atoms with Gasteiger partial charge in [-0.3, -0.25) is 9.59 Å². The van der Waals surface area contributed by atoms with E-state index in [0.717, 1.165) is 0 Å². The number of rotatable bonds is 1. The molecule has 0 aliphatic carbocycles. The minimum absolute atomic E-state index is 0.186. The minimum Gasteiger partial charge on any atom is -0.481 e. The molecule has 1 heterocycles. The zero-order valence-corrected chi connectivity index (χ0v) is 8.06. The van der Waals surface area contributed by atoms with Crippen LogP contribution >= 0.6 is 0 Å². The number of amides is 1. The van der Waals surface area contributed by atoms with E-state index in [1.165, 1.54) is 0 Å². The summed E-state index contributed by atoms with van der Waals surface area (Å²) < 4.78 is 0. The van der Waals surface area contributed by atoms with Crippen molar-refractivity contribution < 1.29 is 14.7 Å². The zero-order chi connectivity index (χ0) is 10.8. The van der Waals surface area contributed by atoms with Crippen LogP contribution in [0.25, 0.3) is 0 Å². The number of carbonyl (C=O) groups excluding carboxylic acids is 1. The number of fused-ring (bicyclic) bond motifs is 1. The van der Waals surface area contributed by atoms with E-state index in [2.05, 4.69) is 5.32 Å². The number of nitrogens with one attached hydrogen (secondary N) is 1. The van der Waals surface area contributed by atoms with Crippen LogP contribution in [0.4, 0.5) is 0 Å². The van der Waals surface area contributed by atoms with Gasteiger partial charge in [0.1, 0.15) is 0 Å². The molecule has 1 unspecified atom stereocenters. The monoisotopic (exact) mass is 205 g/mol. The highest BCUT2D eigenvalue weighted by Gasteiger charge is 2.27. The zero-order valence-electron chi connectivity index (χ0n) is 8.06. The van der Waals surface area contributed by atoms with Gasteiger partial charge in [0.05, 0.1) is 5.92 Å². The normalized spacial score (nSPS) is 20.0. The van der Waals surface area contributed by atoms with Crippen LogP contribution in [0.15, 0.2) is 24.3 Å². The molecule has 1 aromatic carbocycles. The Bertz CT molecular complexity index is 414. The van der Waals surface area contributed by atoms with Crippen LogP contribution in [0.3, 0.4) is 0 Å². The molecule has 0 bridgehead atoms. The lowest BCUT2D eigenvalue weighted by molar-refractivity contribution is -0.138. The lowest BCUT2D eigenvalue weighted by Crippen LogP contribution is -2.22. The molecular weight excluding hydrogens is 194 g/mol. The third kappa shape index (κ3) is 1.70. The molecule has 0 saturated carbocycles. The Morgan fingerprint density at radius 2 is 2.13 bits per heavy atom. The molecular formula is C11H11NO3. The maximum absolute atomic E-state index is 11.6. The van der Waals surface area contributed by atoms with Crippen LogP contribution in [0, 0.1) is 0 Å². The van der Waals surface area contributed by atoms with Gasteiger partial charge < -0.3 is 10.4 Å². The van der Waals surface area contributed by atoms with Gasteiger partial charge >= 0.3 is 5.97 Å². The molecule has 1 amide bonds. The van der Waals surface area contributed by atoms with E-state index in [0.29, 0.717) is 24.1 Å². The number of benzene rings is 1. The fourth-order valence-corrected chi connectivity index (χ4v) is 1.84. The van der Waals surface area contributed by atoms with Gasteiger partial charge in [0.15, 0.2) is 0 Å². The Balaban J connectivity index is 2.52. The van der Waals surface area contributed by atoms with Gasteiger partial charge in [-0.1, -0.05) is 18.2 Å². The highest BCUT2D eigenvalue weighted by molar-refractivity contribution is 5.98. The van der Waals surface area contributed by atoms with Gasteiger partial charge in [-0.15, -0.1) is 0 Å². The van der Waals surface area contributed by atoms with Gasteiger partial charge in [0.2, 0.25) is 0 Å². The van der Waals surface area contributed by atoms with E-state index >= 15 is 0 Å². The quantitative estimate of drug-likeness (QED) is 0.718. The third-order valence-electron chi connectivity index (χ3n) is 2.60. The number of carbonyl (C=O) groups is 2. The Morgan fingerprint density at radius 1 is 1.40 bits per heavy atom. The average molecular weight is 205 g/mol. The van der Waals surface area contributed by atoms with E-state index in [9.17, 15) is 9.59 Å². The lowest BCUT2D eigenvalue weighted by atomic mass is 9.93. The second-order valence-corrected chi connectivity index (χ2v) is 3.52. The van der Waals surface area contributed by atoms with Gasteiger partial charge in [-0.05, 0) is 18.1 Å². The summed E-state index contributed by atoms with van der Waals surface area (Å²) in [4.78, 5) is 22.6. The van der Waals surface area contributed by atoms with Crippen LogP contribution in [0.5, 0.6) is 0 Å². The minimum atomic E-state index is -0.876. The maximum atomic E-state index is 11.6. The number of hydrogen-bond donors (Lipinski definition) is 2. The highest BCUT2D eigenvalue weighted by atomic mass is 16.4. The standard InChI is InChI=1S/C11H11NO3/c13-10-8-4-2-1-3-7(8)9(11(14)15)5-6-12-10/h1-4,9H,5-6H2,(H,12,13)(H,14,15). The van der Waals surface area contributed by atoms with E-state index < -0.39 is 11.9 Å². The van der Waals surface area contributed by atoms with Crippen molar-refractivity contribution in [2.24, 2.45) is 0 Å². The predicted octanol–water partition coefficient (Wildman–Crippen LogP) is 0.988. The Hall–Kier alpha value is -1.84. The molecule has 2 rings (SSSR count). The van der Waals surface area contributed by atoms with Crippen molar-refractivity contribution in [2.75, 3.05) is 6.54 Å². The summed E-state index contributed by atoms with van der Waals surface area (Å²) in [5.74, 6) is -1.64. The van der Waals surface area contributed by atoms with Gasteiger partial charge in [-0.2, -0.15) is 0 Å². The summed E-state index contributed by atoms with van der Waals surface area (Å²) in [6, 6.07) is 6.86. The van der Waals surface area contributed by atoms with Crippen molar-refractivity contribution in [3.8, 4) is 0 Å². The smallest absolute Gasteiger partial charge is 0.311 e. The van der Waals surface area contributed by atoms with Crippen LogP contribution in [-0.2, 0) is 4.79 Å². The molecule has 0 aromatic heterocycles. The van der Waals surface area contributed by atoms with Crippen molar-refractivity contribution in [3.05, 3.63) is 35.4 Å². The van der Waals surface area contributed by atoms with Crippen LogP contribution in [0.2, 0.25) is 0 Å². The molecule has 15 heavy (non-hydrogen) atoms. The summed E-state index contributed by atoms with van der Waals surface area (Å²) in [6.45, 7) is 0.407. The topological polar surface area (TPSA) is 66.4 Å². The van der Waals surface area contributed by atoms with Crippen molar-refractivity contribution in [1.82, 2.24) is 5.32 Å². The Kier molecular flexibility index (Phi) is 2.41. The molecule has 4 heteroatoms. The number of aliphatic carboxylic acids is 1. The first-order chi connectivity index (χ1) is 7.20. The molecule has 0 spiro atoms. The molecule has 1 atom stereocenters. The number of hydrogen-bond acceptors (Lipinski definition) is 2. The van der Waals surface area contributed by atoms with Gasteiger partial charge in [0, 0.05) is 12.1 Å². The first kappa shape index (κ1) is 9.71. The van der Waals surface area contributed by atoms with E-state index in [-0.39, 0.29) is 5.91 Å². The van der Waals surface area contributed by atoms with Crippen LogP contribution < -0.4 is 5.32 Å². The van der Waals surface area contributed by atoms with Crippen molar-refractivity contribution in [1.29, 1.82) is 0 Å². The second kappa shape index (κ2) is 3.73. The molecule has 1 aromatic rings. The molecule has 78 valence electrons. The van der Waals surface area contributed by atoms with E-state index in [1.807, 2.05) is 0 Å². The summed E-state index contributed by atoms with van der Waals surface area (Å²) >= 11 is 0. The van der Waals surface area contributed by atoms with Crippen molar-refractivity contribution in [2.45, 2.75) is 12.3 Å². The summed E-state index contributed by atoms with van der Waals surface area (Å²) in [6.07, 6.45) is 0.443. The second-order valence-electron chi connectivity index (χ2n) is 3.52. The lowest BCUT2D eigenvalue weighted by Gasteiger charge is -2.10. The summed E-state index contributed by atoms with van der Waals surface area (Å²) in [5.41, 5.74) is 1.09. The van der Waals surface area contributed by atoms with Gasteiger partial charge in [-0.25, -0.2) is 0 Å². The third-order valence-corrected chi connectivity index (χ3v) is 2.60. The van der Waals surface area contributed by atoms with E-state index in [4.69, 9.17) is 5.11 Å². The SMILES string of the molecule is O=C1NCCC(C(=O)O)c2ccccc21.